The van der Waals surface area contributed by atoms with Crippen molar-refractivity contribution in [1.29, 1.82) is 0 Å². The second-order valence-electron chi connectivity index (χ2n) is 9.08. The molecule has 0 saturated heterocycles. The van der Waals surface area contributed by atoms with Crippen LogP contribution in [0.15, 0.2) is 42.5 Å². The Labute approximate surface area is 218 Å². The number of halogens is 2. The molecule has 0 aromatic heterocycles. The minimum Gasteiger partial charge on any atom is -0.352 e. The van der Waals surface area contributed by atoms with E-state index in [0.717, 1.165) is 16.1 Å². The zero-order valence-corrected chi connectivity index (χ0v) is 23.2. The molecule has 0 heterocycles. The van der Waals surface area contributed by atoms with Gasteiger partial charge in [-0.1, -0.05) is 55.2 Å². The van der Waals surface area contributed by atoms with E-state index in [1.54, 1.807) is 37.3 Å². The van der Waals surface area contributed by atoms with Gasteiger partial charge in [0.25, 0.3) is 0 Å². The van der Waals surface area contributed by atoms with Crippen molar-refractivity contribution in [3.8, 4) is 0 Å². The van der Waals surface area contributed by atoms with Crippen LogP contribution in [-0.2, 0) is 26.2 Å². The second kappa shape index (κ2) is 12.1. The SMILES string of the molecule is CC(C)NC(=O)[C@H](C)N(Cc1c(Cl)cccc1Cl)C(=O)CN(c1ccc(C(C)C)cc1)S(C)(=O)=O. The first-order valence-corrected chi connectivity index (χ1v) is 13.9. The molecule has 2 rings (SSSR count). The minimum atomic E-state index is -3.80. The highest BCUT2D eigenvalue weighted by Gasteiger charge is 2.31. The van der Waals surface area contributed by atoms with Crippen LogP contribution >= 0.6 is 23.2 Å². The molecule has 192 valence electrons. The molecule has 10 heteroatoms. The van der Waals surface area contributed by atoms with E-state index in [1.165, 1.54) is 4.90 Å². The molecule has 2 amide bonds. The third kappa shape index (κ3) is 7.85. The fourth-order valence-corrected chi connectivity index (χ4v) is 4.85. The molecule has 0 fully saturated rings. The molecule has 0 aliphatic heterocycles. The lowest BCUT2D eigenvalue weighted by molar-refractivity contribution is -0.139. The average Bonchev–Trinajstić information content (AvgIpc) is 2.75. The van der Waals surface area contributed by atoms with E-state index in [1.807, 2.05) is 39.8 Å². The largest absolute Gasteiger partial charge is 0.352 e. The summed E-state index contributed by atoms with van der Waals surface area (Å²) >= 11 is 12.7. The van der Waals surface area contributed by atoms with Crippen molar-refractivity contribution in [2.45, 2.75) is 59.2 Å². The van der Waals surface area contributed by atoms with Crippen LogP contribution < -0.4 is 9.62 Å². The summed E-state index contributed by atoms with van der Waals surface area (Å²) in [7, 11) is -3.80. The van der Waals surface area contributed by atoms with Crippen LogP contribution in [0, 0.1) is 0 Å². The maximum absolute atomic E-state index is 13.6. The first kappa shape index (κ1) is 28.9. The average molecular weight is 543 g/mol. The predicted octanol–water partition coefficient (Wildman–Crippen LogP) is 4.82. The first-order valence-electron chi connectivity index (χ1n) is 11.3. The standard InChI is InChI=1S/C25H33Cl2N3O4S/c1-16(2)19-10-12-20(13-11-19)30(35(6,33)34)15-24(31)29(18(5)25(32)28-17(3)4)14-21-22(26)8-7-9-23(21)27/h7-13,16-18H,14-15H2,1-6H3,(H,28,32)/t18-/m0/s1. The van der Waals surface area contributed by atoms with Gasteiger partial charge < -0.3 is 10.2 Å². The summed E-state index contributed by atoms with van der Waals surface area (Å²) in [6.07, 6.45) is 1.04. The number of rotatable bonds is 10. The lowest BCUT2D eigenvalue weighted by Crippen LogP contribution is -2.52. The fourth-order valence-electron chi connectivity index (χ4n) is 3.48. The number of carbonyl (C=O) groups is 2. The van der Waals surface area contributed by atoms with Crippen molar-refractivity contribution in [3.63, 3.8) is 0 Å². The summed E-state index contributed by atoms with van der Waals surface area (Å²) in [5, 5.41) is 3.48. The van der Waals surface area contributed by atoms with Crippen molar-refractivity contribution in [1.82, 2.24) is 10.2 Å². The van der Waals surface area contributed by atoms with Crippen LogP contribution in [0.25, 0.3) is 0 Å². The Hall–Kier alpha value is -2.29. The van der Waals surface area contributed by atoms with E-state index < -0.39 is 28.5 Å². The number of nitrogens with zero attached hydrogens (tertiary/aromatic N) is 2. The molecule has 2 aromatic carbocycles. The molecule has 1 N–H and O–H groups in total. The van der Waals surface area contributed by atoms with Crippen LogP contribution in [0.4, 0.5) is 5.69 Å². The van der Waals surface area contributed by atoms with Crippen molar-refractivity contribution >= 4 is 50.7 Å². The van der Waals surface area contributed by atoms with E-state index in [0.29, 0.717) is 21.3 Å². The third-order valence-corrected chi connectivity index (χ3v) is 7.36. The van der Waals surface area contributed by atoms with Gasteiger partial charge in [-0.05, 0) is 56.5 Å². The Morgan fingerprint density at radius 1 is 0.943 bits per heavy atom. The van der Waals surface area contributed by atoms with E-state index >= 15 is 0 Å². The quantitative estimate of drug-likeness (QED) is 0.466. The van der Waals surface area contributed by atoms with Crippen LogP contribution in [0.3, 0.4) is 0 Å². The number of carbonyl (C=O) groups excluding carboxylic acids is 2. The van der Waals surface area contributed by atoms with Crippen molar-refractivity contribution in [2.24, 2.45) is 0 Å². The predicted molar refractivity (Wildman–Crippen MR) is 142 cm³/mol. The monoisotopic (exact) mass is 541 g/mol. The number of sulfonamides is 1. The molecule has 0 bridgehead atoms. The minimum absolute atomic E-state index is 0.0616. The Bertz CT molecular complexity index is 1130. The summed E-state index contributed by atoms with van der Waals surface area (Å²) in [5.74, 6) is -0.664. The van der Waals surface area contributed by atoms with Crippen LogP contribution in [-0.4, -0.2) is 50.0 Å². The molecule has 0 aliphatic rings. The maximum atomic E-state index is 13.6. The highest BCUT2D eigenvalue weighted by atomic mass is 35.5. The van der Waals surface area contributed by atoms with Crippen LogP contribution in [0.5, 0.6) is 0 Å². The number of benzene rings is 2. The molecule has 0 aliphatic carbocycles. The van der Waals surface area contributed by atoms with Gasteiger partial charge in [-0.15, -0.1) is 0 Å². The van der Waals surface area contributed by atoms with Gasteiger partial charge in [0.15, 0.2) is 0 Å². The van der Waals surface area contributed by atoms with Gasteiger partial charge >= 0.3 is 0 Å². The number of hydrogen-bond donors (Lipinski definition) is 1. The molecular formula is C25H33Cl2N3O4S. The summed E-state index contributed by atoms with van der Waals surface area (Å²) in [4.78, 5) is 27.7. The Balaban J connectivity index is 2.44. The van der Waals surface area contributed by atoms with Crippen LogP contribution in [0.1, 0.15) is 51.7 Å². The summed E-state index contributed by atoms with van der Waals surface area (Å²) < 4.78 is 26.4. The highest BCUT2D eigenvalue weighted by Crippen LogP contribution is 2.27. The summed E-state index contributed by atoms with van der Waals surface area (Å²) in [6.45, 7) is 8.74. The smallest absolute Gasteiger partial charge is 0.244 e. The van der Waals surface area contributed by atoms with E-state index in [-0.39, 0.29) is 24.4 Å². The topological polar surface area (TPSA) is 86.8 Å². The van der Waals surface area contributed by atoms with Gasteiger partial charge in [0.1, 0.15) is 12.6 Å². The molecule has 2 aromatic rings. The Morgan fingerprint density at radius 3 is 1.94 bits per heavy atom. The molecule has 0 saturated carbocycles. The van der Waals surface area contributed by atoms with E-state index in [4.69, 9.17) is 23.2 Å². The molecule has 0 unspecified atom stereocenters. The van der Waals surface area contributed by atoms with Gasteiger partial charge in [-0.2, -0.15) is 0 Å². The van der Waals surface area contributed by atoms with Crippen molar-refractivity contribution < 1.29 is 18.0 Å². The lowest BCUT2D eigenvalue weighted by atomic mass is 10.0. The van der Waals surface area contributed by atoms with Gasteiger partial charge in [0.05, 0.1) is 11.9 Å². The van der Waals surface area contributed by atoms with Gasteiger partial charge in [-0.25, -0.2) is 8.42 Å². The number of hydrogen-bond acceptors (Lipinski definition) is 4. The zero-order chi connectivity index (χ0) is 26.5. The van der Waals surface area contributed by atoms with Gasteiger partial charge in [0.2, 0.25) is 21.8 Å². The van der Waals surface area contributed by atoms with E-state index in [2.05, 4.69) is 5.32 Å². The molecule has 7 nitrogen and oxygen atoms in total. The van der Waals surface area contributed by atoms with Gasteiger partial charge in [-0.3, -0.25) is 13.9 Å². The van der Waals surface area contributed by atoms with E-state index in [9.17, 15) is 18.0 Å². The Kier molecular flexibility index (Phi) is 10.0. The number of anilines is 1. The molecule has 0 spiro atoms. The van der Waals surface area contributed by atoms with Crippen LogP contribution in [0.2, 0.25) is 10.0 Å². The fraction of sp³-hybridized carbons (Fsp3) is 0.440. The molecular weight excluding hydrogens is 509 g/mol. The zero-order valence-electron chi connectivity index (χ0n) is 20.9. The Morgan fingerprint density at radius 2 is 1.49 bits per heavy atom. The first-order chi connectivity index (χ1) is 16.2. The van der Waals surface area contributed by atoms with Crippen molar-refractivity contribution in [2.75, 3.05) is 17.1 Å². The third-order valence-electron chi connectivity index (χ3n) is 5.52. The number of amides is 2. The normalized spacial score (nSPS) is 12.5. The van der Waals surface area contributed by atoms with Gasteiger partial charge in [0, 0.05) is 28.2 Å². The lowest BCUT2D eigenvalue weighted by Gasteiger charge is -2.32. The van der Waals surface area contributed by atoms with Crippen molar-refractivity contribution in [3.05, 3.63) is 63.6 Å². The summed E-state index contributed by atoms with van der Waals surface area (Å²) in [5.41, 5.74) is 1.88. The maximum Gasteiger partial charge on any atom is 0.244 e. The molecule has 1 atom stereocenters. The molecule has 35 heavy (non-hydrogen) atoms. The highest BCUT2D eigenvalue weighted by molar-refractivity contribution is 7.92. The second-order valence-corrected chi connectivity index (χ2v) is 11.8. The number of nitrogens with one attached hydrogen (secondary N) is 1. The molecule has 0 radical (unpaired) electrons. The summed E-state index contributed by atoms with van der Waals surface area (Å²) in [6, 6.07) is 10.9.